The van der Waals surface area contributed by atoms with E-state index in [9.17, 15) is 5.11 Å². The predicted octanol–water partition coefficient (Wildman–Crippen LogP) is 4.01. The van der Waals surface area contributed by atoms with E-state index in [4.69, 9.17) is 13.9 Å². The zero-order valence-corrected chi connectivity index (χ0v) is 19.1. The number of ether oxygens (including phenoxy) is 2. The molecule has 156 valence electrons. The number of pyridine rings is 1. The summed E-state index contributed by atoms with van der Waals surface area (Å²) in [6.45, 7) is 14.8. The van der Waals surface area contributed by atoms with Gasteiger partial charge in [0.15, 0.2) is 8.32 Å². The molecule has 0 spiro atoms. The zero-order chi connectivity index (χ0) is 20.8. The minimum Gasteiger partial charge on any atom is -0.492 e. The van der Waals surface area contributed by atoms with Crippen molar-refractivity contribution in [2.75, 3.05) is 19.8 Å². The largest absolute Gasteiger partial charge is 0.492 e. The van der Waals surface area contributed by atoms with E-state index in [-0.39, 0.29) is 17.2 Å². The zero-order valence-electron chi connectivity index (χ0n) is 18.1. The predicted molar refractivity (Wildman–Crippen MR) is 114 cm³/mol. The summed E-state index contributed by atoms with van der Waals surface area (Å²) in [6, 6.07) is 3.73. The van der Waals surface area contributed by atoms with Crippen molar-refractivity contribution >= 4 is 8.32 Å². The van der Waals surface area contributed by atoms with Gasteiger partial charge in [-0.2, -0.15) is 0 Å². The summed E-state index contributed by atoms with van der Waals surface area (Å²) in [4.78, 5) is 4.31. The highest BCUT2D eigenvalue weighted by atomic mass is 28.4. The standard InChI is InChI=1S/C22H35NO4Si/c1-17(15-27-28(5,6)22(2,3)4)25-11-7-8-19-9-10-21(14-23-19)26-16-18-12-20(24)13-18/h9-10,14,17-18,20,24H,11-13,15-16H2,1-6H3/t17?,18-,20-. The lowest BCUT2D eigenvalue weighted by Crippen LogP contribution is -2.42. The Morgan fingerprint density at radius 1 is 1.29 bits per heavy atom. The Balaban J connectivity index is 1.67. The highest BCUT2D eigenvalue weighted by Gasteiger charge is 2.37. The van der Waals surface area contributed by atoms with E-state index in [1.165, 1.54) is 0 Å². The lowest BCUT2D eigenvalue weighted by molar-refractivity contribution is 0.0202. The Kier molecular flexibility index (Phi) is 8.08. The Morgan fingerprint density at radius 3 is 2.57 bits per heavy atom. The van der Waals surface area contributed by atoms with Crippen LogP contribution in [-0.2, 0) is 9.16 Å². The Bertz CT molecular complexity index is 667. The van der Waals surface area contributed by atoms with Gasteiger partial charge in [0.25, 0.3) is 0 Å². The van der Waals surface area contributed by atoms with Gasteiger partial charge in [-0.15, -0.1) is 0 Å². The summed E-state index contributed by atoms with van der Waals surface area (Å²) in [5, 5.41) is 9.49. The molecule has 1 fully saturated rings. The molecule has 1 atom stereocenters. The van der Waals surface area contributed by atoms with Gasteiger partial charge < -0.3 is 19.0 Å². The first-order valence-electron chi connectivity index (χ1n) is 10.1. The monoisotopic (exact) mass is 405 g/mol. The van der Waals surface area contributed by atoms with Gasteiger partial charge in [0.1, 0.15) is 18.1 Å². The average Bonchev–Trinajstić information content (AvgIpc) is 2.60. The van der Waals surface area contributed by atoms with E-state index in [2.05, 4.69) is 50.7 Å². The van der Waals surface area contributed by atoms with Crippen molar-refractivity contribution in [1.82, 2.24) is 4.98 Å². The topological polar surface area (TPSA) is 60.8 Å². The van der Waals surface area contributed by atoms with Gasteiger partial charge >= 0.3 is 0 Å². The fraction of sp³-hybridized carbons (Fsp3) is 0.682. The van der Waals surface area contributed by atoms with Crippen LogP contribution in [0.15, 0.2) is 18.3 Å². The van der Waals surface area contributed by atoms with Crippen LogP contribution < -0.4 is 4.74 Å². The molecule has 1 saturated carbocycles. The molecule has 6 heteroatoms. The number of aliphatic hydroxyl groups excluding tert-OH is 1. The van der Waals surface area contributed by atoms with E-state index < -0.39 is 8.32 Å². The minimum absolute atomic E-state index is 0.0113. The van der Waals surface area contributed by atoms with E-state index in [0.717, 1.165) is 18.6 Å². The molecule has 0 bridgehead atoms. The average molecular weight is 406 g/mol. The Morgan fingerprint density at radius 2 is 2.00 bits per heavy atom. The van der Waals surface area contributed by atoms with E-state index in [1.54, 1.807) is 6.20 Å². The van der Waals surface area contributed by atoms with E-state index >= 15 is 0 Å². The third-order valence-corrected chi connectivity index (χ3v) is 10.1. The third kappa shape index (κ3) is 7.21. The fourth-order valence-electron chi connectivity index (χ4n) is 2.49. The van der Waals surface area contributed by atoms with Crippen LogP contribution >= 0.6 is 0 Å². The lowest BCUT2D eigenvalue weighted by Gasteiger charge is -2.36. The van der Waals surface area contributed by atoms with Crippen molar-refractivity contribution in [2.45, 2.75) is 70.9 Å². The Labute approximate surface area is 170 Å². The molecule has 28 heavy (non-hydrogen) atoms. The van der Waals surface area contributed by atoms with Crippen LogP contribution in [0.3, 0.4) is 0 Å². The van der Waals surface area contributed by atoms with Crippen molar-refractivity contribution in [3.63, 3.8) is 0 Å². The first-order chi connectivity index (χ1) is 13.1. The molecule has 5 nitrogen and oxygen atoms in total. The summed E-state index contributed by atoms with van der Waals surface area (Å²) < 4.78 is 17.6. The van der Waals surface area contributed by atoms with Crippen LogP contribution in [0.2, 0.25) is 18.1 Å². The second-order valence-electron chi connectivity index (χ2n) is 9.18. The molecule has 1 unspecified atom stereocenters. The molecule has 1 heterocycles. The van der Waals surface area contributed by atoms with Crippen molar-refractivity contribution in [3.05, 3.63) is 24.0 Å². The second-order valence-corrected chi connectivity index (χ2v) is 14.0. The Hall–Kier alpha value is -1.39. The molecule has 0 amide bonds. The maximum atomic E-state index is 9.29. The molecule has 1 N–H and O–H groups in total. The van der Waals surface area contributed by atoms with Crippen LogP contribution in [-0.4, -0.2) is 50.4 Å². The normalized spacial score (nSPS) is 20.7. The molecule has 0 saturated heterocycles. The maximum Gasteiger partial charge on any atom is 0.192 e. The summed E-state index contributed by atoms with van der Waals surface area (Å²) in [6.07, 6.45) is 3.22. The van der Waals surface area contributed by atoms with Gasteiger partial charge in [-0.05, 0) is 61.9 Å². The smallest absolute Gasteiger partial charge is 0.192 e. The first kappa shape index (κ1) is 22.9. The summed E-state index contributed by atoms with van der Waals surface area (Å²) >= 11 is 0. The maximum absolute atomic E-state index is 9.29. The molecular weight excluding hydrogens is 370 g/mol. The van der Waals surface area contributed by atoms with Gasteiger partial charge in [0.2, 0.25) is 0 Å². The highest BCUT2D eigenvalue weighted by molar-refractivity contribution is 6.74. The summed E-state index contributed by atoms with van der Waals surface area (Å²) in [5.41, 5.74) is 0.695. The molecule has 0 aliphatic heterocycles. The lowest BCUT2D eigenvalue weighted by atomic mass is 9.83. The molecular formula is C22H35NO4Si. The third-order valence-electron chi connectivity index (χ3n) is 5.57. The number of hydrogen-bond donors (Lipinski definition) is 1. The van der Waals surface area contributed by atoms with Gasteiger partial charge in [0, 0.05) is 0 Å². The van der Waals surface area contributed by atoms with Crippen LogP contribution in [0.1, 0.15) is 46.2 Å². The number of aliphatic hydroxyl groups is 1. The van der Waals surface area contributed by atoms with Gasteiger partial charge in [-0.25, -0.2) is 4.98 Å². The summed E-state index contributed by atoms with van der Waals surface area (Å²) in [7, 11) is -1.74. The number of rotatable bonds is 8. The van der Waals surface area contributed by atoms with Crippen LogP contribution in [0, 0.1) is 17.8 Å². The summed E-state index contributed by atoms with van der Waals surface area (Å²) in [5.74, 6) is 7.20. The van der Waals surface area contributed by atoms with Gasteiger partial charge in [0.05, 0.1) is 31.6 Å². The molecule has 1 aliphatic carbocycles. The highest BCUT2D eigenvalue weighted by Crippen LogP contribution is 2.36. The SMILES string of the molecule is CC(CO[Si](C)(C)C(C)(C)C)OCC#Cc1ccc(OC[C@H]2C[C@H](O)C2)cn1. The van der Waals surface area contributed by atoms with Crippen molar-refractivity contribution in [3.8, 4) is 17.6 Å². The van der Waals surface area contributed by atoms with E-state index in [0.29, 0.717) is 31.4 Å². The van der Waals surface area contributed by atoms with Crippen LogP contribution in [0.5, 0.6) is 5.75 Å². The molecule has 2 rings (SSSR count). The number of aromatic nitrogens is 1. The fourth-order valence-corrected chi connectivity index (χ4v) is 3.58. The molecule has 1 aliphatic rings. The molecule has 0 aromatic carbocycles. The molecule has 0 radical (unpaired) electrons. The van der Waals surface area contributed by atoms with Crippen molar-refractivity contribution in [2.24, 2.45) is 5.92 Å². The number of hydrogen-bond acceptors (Lipinski definition) is 5. The van der Waals surface area contributed by atoms with Crippen LogP contribution in [0.4, 0.5) is 0 Å². The first-order valence-corrected chi connectivity index (χ1v) is 13.0. The van der Waals surface area contributed by atoms with Gasteiger partial charge in [-0.3, -0.25) is 0 Å². The molecule has 1 aromatic heterocycles. The number of nitrogens with zero attached hydrogens (tertiary/aromatic N) is 1. The van der Waals surface area contributed by atoms with E-state index in [1.807, 2.05) is 19.1 Å². The second kappa shape index (κ2) is 9.88. The van der Waals surface area contributed by atoms with Crippen molar-refractivity contribution in [1.29, 1.82) is 0 Å². The van der Waals surface area contributed by atoms with Crippen molar-refractivity contribution < 1.29 is 19.0 Å². The molecule has 1 aromatic rings. The minimum atomic E-state index is -1.74. The van der Waals surface area contributed by atoms with Gasteiger partial charge in [-0.1, -0.05) is 26.7 Å². The van der Waals surface area contributed by atoms with Crippen LogP contribution in [0.25, 0.3) is 0 Å². The quantitative estimate of drug-likeness (QED) is 0.523.